The van der Waals surface area contributed by atoms with Crippen LogP contribution in [0, 0.1) is 0 Å². The Morgan fingerprint density at radius 2 is 1.47 bits per heavy atom. The van der Waals surface area contributed by atoms with Gasteiger partial charge in [0.15, 0.2) is 5.78 Å². The zero-order valence-electron chi connectivity index (χ0n) is 16.9. The highest BCUT2D eigenvalue weighted by Gasteiger charge is 2.51. The van der Waals surface area contributed by atoms with Crippen LogP contribution in [0.2, 0.25) is 0 Å². The number of Topliss-reactive ketones (excluding diaryl/α,β-unsaturated/α-hetero) is 1. The highest BCUT2D eigenvalue weighted by atomic mass is 16.1. The smallest absolute Gasteiger partial charge is 0.167 e. The fourth-order valence-corrected chi connectivity index (χ4v) is 4.47. The summed E-state index contributed by atoms with van der Waals surface area (Å²) in [5, 5.41) is 2.53. The third-order valence-corrected chi connectivity index (χ3v) is 6.31. The quantitative estimate of drug-likeness (QED) is 0.429. The van der Waals surface area contributed by atoms with E-state index in [1.807, 2.05) is 30.3 Å². The molecule has 0 aliphatic heterocycles. The first-order valence-corrected chi connectivity index (χ1v) is 10.5. The van der Waals surface area contributed by atoms with Crippen LogP contribution in [-0.4, -0.2) is 11.3 Å². The van der Waals surface area contributed by atoms with E-state index in [0.29, 0.717) is 12.3 Å². The van der Waals surface area contributed by atoms with Crippen molar-refractivity contribution < 1.29 is 4.79 Å². The highest BCUT2D eigenvalue weighted by Crippen LogP contribution is 2.51. The summed E-state index contributed by atoms with van der Waals surface area (Å²) >= 11 is 0. The number of nitrogens with two attached hydrogens (primary N) is 1. The lowest BCUT2D eigenvalue weighted by Gasteiger charge is -2.13. The van der Waals surface area contributed by atoms with E-state index in [2.05, 4.69) is 66.7 Å². The molecule has 0 spiro atoms. The summed E-state index contributed by atoms with van der Waals surface area (Å²) < 4.78 is 0. The molecule has 1 fully saturated rings. The minimum absolute atomic E-state index is 0.152. The van der Waals surface area contributed by atoms with Crippen LogP contribution in [0.1, 0.15) is 39.4 Å². The second kappa shape index (κ2) is 7.55. The van der Waals surface area contributed by atoms with Crippen molar-refractivity contribution in [2.24, 2.45) is 5.73 Å². The standard InChI is InChI=1S/C28H25NO/c29-28(18-21-12-13-22-6-4-5-9-25(22)16-21)19-26(28)23-14-10-20(11-15-23)17-27(30)24-7-2-1-3-8-24/h1-16,26H,17-19,29H2/t26-,28+/m0/s1. The van der Waals surface area contributed by atoms with Crippen LogP contribution in [0.3, 0.4) is 0 Å². The molecule has 0 radical (unpaired) electrons. The zero-order chi connectivity index (χ0) is 20.6. The topological polar surface area (TPSA) is 43.1 Å². The van der Waals surface area contributed by atoms with Gasteiger partial charge in [-0.2, -0.15) is 0 Å². The maximum atomic E-state index is 12.4. The molecule has 0 bridgehead atoms. The third-order valence-electron chi connectivity index (χ3n) is 6.31. The van der Waals surface area contributed by atoms with Gasteiger partial charge in [0.05, 0.1) is 0 Å². The van der Waals surface area contributed by atoms with Gasteiger partial charge in [0.25, 0.3) is 0 Å². The number of rotatable bonds is 6. The molecule has 2 nitrogen and oxygen atoms in total. The summed E-state index contributed by atoms with van der Waals surface area (Å²) in [7, 11) is 0. The van der Waals surface area contributed by atoms with E-state index in [-0.39, 0.29) is 11.3 Å². The van der Waals surface area contributed by atoms with E-state index in [9.17, 15) is 4.79 Å². The van der Waals surface area contributed by atoms with Gasteiger partial charge in [-0.1, -0.05) is 97.1 Å². The van der Waals surface area contributed by atoms with Crippen LogP contribution in [-0.2, 0) is 12.8 Å². The lowest BCUT2D eigenvalue weighted by atomic mass is 9.96. The molecular formula is C28H25NO. The van der Waals surface area contributed by atoms with Crippen molar-refractivity contribution in [2.75, 3.05) is 0 Å². The van der Waals surface area contributed by atoms with E-state index < -0.39 is 0 Å². The summed E-state index contributed by atoms with van der Waals surface area (Å²) in [6, 6.07) is 33.0. The van der Waals surface area contributed by atoms with Crippen LogP contribution in [0.15, 0.2) is 97.1 Å². The molecule has 4 aromatic carbocycles. The van der Waals surface area contributed by atoms with Crippen LogP contribution >= 0.6 is 0 Å². The molecule has 0 amide bonds. The molecule has 148 valence electrons. The van der Waals surface area contributed by atoms with Gasteiger partial charge in [-0.15, -0.1) is 0 Å². The first-order valence-electron chi connectivity index (χ1n) is 10.5. The lowest BCUT2D eigenvalue weighted by Crippen LogP contribution is -2.27. The monoisotopic (exact) mass is 391 g/mol. The average molecular weight is 392 g/mol. The van der Waals surface area contributed by atoms with E-state index in [1.165, 1.54) is 21.9 Å². The Hall–Kier alpha value is -3.23. The molecule has 0 saturated heterocycles. The number of benzene rings is 4. The first kappa shape index (κ1) is 18.8. The Balaban J connectivity index is 1.26. The molecule has 0 aromatic heterocycles. The molecule has 5 rings (SSSR count). The molecule has 4 aromatic rings. The van der Waals surface area contributed by atoms with Crippen molar-refractivity contribution in [1.29, 1.82) is 0 Å². The van der Waals surface area contributed by atoms with Crippen molar-refractivity contribution in [1.82, 2.24) is 0 Å². The van der Waals surface area contributed by atoms with Gasteiger partial charge in [-0.3, -0.25) is 4.79 Å². The predicted molar refractivity (Wildman–Crippen MR) is 123 cm³/mol. The predicted octanol–water partition coefficient (Wildman–Crippen LogP) is 5.69. The Morgan fingerprint density at radius 1 is 0.800 bits per heavy atom. The molecule has 1 aliphatic carbocycles. The number of hydrogen-bond donors (Lipinski definition) is 1. The zero-order valence-corrected chi connectivity index (χ0v) is 16.9. The lowest BCUT2D eigenvalue weighted by molar-refractivity contribution is 0.0993. The summed E-state index contributed by atoms with van der Waals surface area (Å²) in [5.74, 6) is 0.530. The second-order valence-electron chi connectivity index (χ2n) is 8.56. The highest BCUT2D eigenvalue weighted by molar-refractivity contribution is 5.97. The van der Waals surface area contributed by atoms with Gasteiger partial charge >= 0.3 is 0 Å². The molecule has 1 saturated carbocycles. The van der Waals surface area contributed by atoms with Gasteiger partial charge in [-0.05, 0) is 40.3 Å². The maximum absolute atomic E-state index is 12.4. The van der Waals surface area contributed by atoms with Gasteiger partial charge in [0.2, 0.25) is 0 Å². The van der Waals surface area contributed by atoms with E-state index in [4.69, 9.17) is 5.73 Å². The van der Waals surface area contributed by atoms with Gasteiger partial charge in [-0.25, -0.2) is 0 Å². The van der Waals surface area contributed by atoms with Crippen LogP contribution in [0.25, 0.3) is 10.8 Å². The minimum atomic E-state index is -0.177. The normalized spacial score (nSPS) is 20.2. The molecule has 2 N–H and O–H groups in total. The summed E-state index contributed by atoms with van der Waals surface area (Å²) in [4.78, 5) is 12.4. The van der Waals surface area contributed by atoms with E-state index >= 15 is 0 Å². The van der Waals surface area contributed by atoms with Gasteiger partial charge in [0.1, 0.15) is 0 Å². The fourth-order valence-electron chi connectivity index (χ4n) is 4.47. The Bertz CT molecular complexity index is 1200. The number of ketones is 1. The average Bonchev–Trinajstić information content (AvgIpc) is 3.45. The van der Waals surface area contributed by atoms with Crippen LogP contribution in [0.4, 0.5) is 0 Å². The van der Waals surface area contributed by atoms with E-state index in [0.717, 1.165) is 24.0 Å². The number of carbonyl (C=O) groups excluding carboxylic acids is 1. The second-order valence-corrected chi connectivity index (χ2v) is 8.56. The van der Waals surface area contributed by atoms with Crippen LogP contribution in [0.5, 0.6) is 0 Å². The van der Waals surface area contributed by atoms with Crippen LogP contribution < -0.4 is 5.73 Å². The molecule has 30 heavy (non-hydrogen) atoms. The summed E-state index contributed by atoms with van der Waals surface area (Å²) in [5.41, 5.74) is 10.9. The molecule has 2 heteroatoms. The number of hydrogen-bond acceptors (Lipinski definition) is 2. The number of fused-ring (bicyclic) bond motifs is 1. The molecule has 1 aliphatic rings. The van der Waals surface area contributed by atoms with Crippen molar-refractivity contribution in [3.05, 3.63) is 119 Å². The maximum Gasteiger partial charge on any atom is 0.167 e. The van der Waals surface area contributed by atoms with Gasteiger partial charge in [0, 0.05) is 23.4 Å². The molecular weight excluding hydrogens is 366 g/mol. The summed E-state index contributed by atoms with van der Waals surface area (Å²) in [6.07, 6.45) is 2.32. The van der Waals surface area contributed by atoms with Crippen molar-refractivity contribution in [3.8, 4) is 0 Å². The molecule has 2 atom stereocenters. The first-order chi connectivity index (χ1) is 14.6. The fraction of sp³-hybridized carbons (Fsp3) is 0.179. The minimum Gasteiger partial charge on any atom is -0.324 e. The third kappa shape index (κ3) is 3.79. The Morgan fingerprint density at radius 3 is 2.23 bits per heavy atom. The molecule has 0 unspecified atom stereocenters. The van der Waals surface area contributed by atoms with Gasteiger partial charge < -0.3 is 5.73 Å². The largest absolute Gasteiger partial charge is 0.324 e. The molecule has 0 heterocycles. The van der Waals surface area contributed by atoms with Crippen molar-refractivity contribution in [3.63, 3.8) is 0 Å². The SMILES string of the molecule is N[C@]1(Cc2ccc3ccccc3c2)C[C@H]1c1ccc(CC(=O)c2ccccc2)cc1. The number of carbonyl (C=O) groups is 1. The van der Waals surface area contributed by atoms with E-state index in [1.54, 1.807) is 0 Å². The summed E-state index contributed by atoms with van der Waals surface area (Å²) in [6.45, 7) is 0. The Kier molecular flexibility index (Phi) is 4.72. The van der Waals surface area contributed by atoms with Crippen molar-refractivity contribution >= 4 is 16.6 Å². The van der Waals surface area contributed by atoms with Crippen molar-refractivity contribution in [2.45, 2.75) is 30.7 Å². The Labute approximate surface area is 177 Å².